The Balaban J connectivity index is 1.46. The SMILES string of the molecule is CNC(=O)c1ccc2c(c1)OCn1c-2nc(-c2ccc([C@]3(N)C[C@](C)(O)C3)cc2)c1-c1ccccc1. The van der Waals surface area contributed by atoms with Crippen LogP contribution >= 0.6 is 0 Å². The van der Waals surface area contributed by atoms with E-state index in [1.165, 1.54) is 0 Å². The minimum absolute atomic E-state index is 0.160. The number of fused-ring (bicyclic) bond motifs is 3. The summed E-state index contributed by atoms with van der Waals surface area (Å²) in [4.78, 5) is 17.2. The molecule has 6 rings (SSSR count). The van der Waals surface area contributed by atoms with Crippen LogP contribution in [0.4, 0.5) is 0 Å². The van der Waals surface area contributed by atoms with Gasteiger partial charge in [0.15, 0.2) is 6.73 Å². The third kappa shape index (κ3) is 3.59. The highest BCUT2D eigenvalue weighted by Gasteiger charge is 2.49. The third-order valence-corrected chi connectivity index (χ3v) is 7.20. The Hall–Kier alpha value is -3.94. The smallest absolute Gasteiger partial charge is 0.251 e. The predicted octanol–water partition coefficient (Wildman–Crippen LogP) is 4.29. The van der Waals surface area contributed by atoms with Crippen LogP contribution < -0.4 is 15.8 Å². The van der Waals surface area contributed by atoms with Crippen LogP contribution in [0, 0.1) is 0 Å². The van der Waals surface area contributed by atoms with Crippen LogP contribution in [0.5, 0.6) is 5.75 Å². The first kappa shape index (κ1) is 22.5. The molecule has 7 heteroatoms. The van der Waals surface area contributed by atoms with Crippen LogP contribution in [0.15, 0.2) is 72.8 Å². The van der Waals surface area contributed by atoms with Crippen LogP contribution in [0.25, 0.3) is 33.9 Å². The number of carbonyl (C=O) groups excluding carboxylic acids is 1. The van der Waals surface area contributed by atoms with E-state index in [1.54, 1.807) is 19.2 Å². The maximum absolute atomic E-state index is 12.1. The van der Waals surface area contributed by atoms with E-state index in [-0.39, 0.29) is 12.6 Å². The number of imidazole rings is 1. The Morgan fingerprint density at radius 3 is 2.44 bits per heavy atom. The lowest BCUT2D eigenvalue weighted by molar-refractivity contribution is -0.0738. The van der Waals surface area contributed by atoms with Gasteiger partial charge in [-0.25, -0.2) is 4.98 Å². The minimum atomic E-state index is -0.706. The van der Waals surface area contributed by atoms with Crippen molar-refractivity contribution in [3.63, 3.8) is 0 Å². The normalized spacial score (nSPS) is 22.1. The Bertz CT molecular complexity index is 1460. The average molecular weight is 481 g/mol. The predicted molar refractivity (Wildman–Crippen MR) is 138 cm³/mol. The molecule has 2 aliphatic rings. The first-order valence-electron chi connectivity index (χ1n) is 12.1. The Labute approximate surface area is 209 Å². The standard InChI is InChI=1S/C29H28N4O3/c1-28(35)15-29(30,16-28)21-11-8-18(9-12-21)24-25(19-6-4-3-5-7-19)33-17-36-23-14-20(27(34)31-2)10-13-22(23)26(33)32-24/h3-14,35H,15-17,30H2,1-2H3,(H,31,34)/t28-,29-. The lowest BCUT2D eigenvalue weighted by Crippen LogP contribution is -2.58. The molecule has 1 saturated carbocycles. The van der Waals surface area contributed by atoms with E-state index >= 15 is 0 Å². The molecule has 0 bridgehead atoms. The van der Waals surface area contributed by atoms with Gasteiger partial charge < -0.3 is 20.9 Å². The molecule has 0 radical (unpaired) electrons. The first-order chi connectivity index (χ1) is 17.3. The first-order valence-corrected chi connectivity index (χ1v) is 12.1. The zero-order valence-corrected chi connectivity index (χ0v) is 20.3. The third-order valence-electron chi connectivity index (χ3n) is 7.20. The zero-order valence-electron chi connectivity index (χ0n) is 20.3. The molecule has 1 aliphatic carbocycles. The number of aliphatic hydroxyl groups is 1. The van der Waals surface area contributed by atoms with E-state index in [0.717, 1.165) is 39.5 Å². The van der Waals surface area contributed by atoms with Gasteiger partial charge in [0.1, 0.15) is 11.6 Å². The second kappa shape index (κ2) is 8.05. The van der Waals surface area contributed by atoms with Crippen molar-refractivity contribution in [3.05, 3.63) is 83.9 Å². The molecule has 1 amide bonds. The van der Waals surface area contributed by atoms with Crippen molar-refractivity contribution >= 4 is 5.91 Å². The summed E-state index contributed by atoms with van der Waals surface area (Å²) >= 11 is 0. The molecule has 0 unspecified atom stereocenters. The number of nitrogens with zero attached hydrogens (tertiary/aromatic N) is 2. The van der Waals surface area contributed by atoms with Gasteiger partial charge in [0, 0.05) is 29.3 Å². The number of aromatic nitrogens is 2. The Kier molecular flexibility index (Phi) is 5.03. The molecule has 4 aromatic rings. The van der Waals surface area contributed by atoms with Crippen LogP contribution in [-0.2, 0) is 12.3 Å². The van der Waals surface area contributed by atoms with Gasteiger partial charge in [-0.05, 0) is 43.5 Å². The molecule has 4 N–H and O–H groups in total. The molecule has 2 heterocycles. The second-order valence-electron chi connectivity index (χ2n) is 10.1. The van der Waals surface area contributed by atoms with Gasteiger partial charge in [0.2, 0.25) is 0 Å². The number of amides is 1. The van der Waals surface area contributed by atoms with Crippen molar-refractivity contribution in [2.75, 3.05) is 7.05 Å². The molecular weight excluding hydrogens is 452 g/mol. The van der Waals surface area contributed by atoms with Crippen LogP contribution in [0.1, 0.15) is 35.7 Å². The largest absolute Gasteiger partial charge is 0.472 e. The van der Waals surface area contributed by atoms with Gasteiger partial charge in [-0.3, -0.25) is 9.36 Å². The van der Waals surface area contributed by atoms with Crippen molar-refractivity contribution in [3.8, 4) is 39.7 Å². The number of hydrogen-bond acceptors (Lipinski definition) is 5. The van der Waals surface area contributed by atoms with Crippen LogP contribution in [-0.4, -0.2) is 33.2 Å². The highest BCUT2D eigenvalue weighted by Crippen LogP contribution is 2.47. The monoisotopic (exact) mass is 480 g/mol. The lowest BCUT2D eigenvalue weighted by Gasteiger charge is -2.49. The zero-order chi connectivity index (χ0) is 25.1. The van der Waals surface area contributed by atoms with E-state index in [1.807, 2.05) is 55.5 Å². The van der Waals surface area contributed by atoms with E-state index < -0.39 is 11.1 Å². The Morgan fingerprint density at radius 2 is 1.78 bits per heavy atom. The maximum atomic E-state index is 12.1. The number of carbonyl (C=O) groups is 1. The van der Waals surface area contributed by atoms with Crippen molar-refractivity contribution in [2.24, 2.45) is 5.73 Å². The fourth-order valence-corrected chi connectivity index (χ4v) is 5.59. The topological polar surface area (TPSA) is 102 Å². The molecule has 0 atom stereocenters. The molecular formula is C29H28N4O3. The molecule has 3 aromatic carbocycles. The Morgan fingerprint density at radius 1 is 1.06 bits per heavy atom. The highest BCUT2D eigenvalue weighted by molar-refractivity contribution is 5.95. The summed E-state index contributed by atoms with van der Waals surface area (Å²) in [5, 5.41) is 12.9. The number of ether oxygens (including phenoxy) is 1. The van der Waals surface area contributed by atoms with Crippen LogP contribution in [0.3, 0.4) is 0 Å². The molecule has 1 fully saturated rings. The van der Waals surface area contributed by atoms with E-state index in [2.05, 4.69) is 22.0 Å². The fraction of sp³-hybridized carbons (Fsp3) is 0.241. The van der Waals surface area contributed by atoms with Gasteiger partial charge in [0.25, 0.3) is 5.91 Å². The minimum Gasteiger partial charge on any atom is -0.472 e. The summed E-state index contributed by atoms with van der Waals surface area (Å²) in [5.41, 5.74) is 11.6. The molecule has 36 heavy (non-hydrogen) atoms. The number of nitrogens with one attached hydrogen (secondary N) is 1. The second-order valence-corrected chi connectivity index (χ2v) is 10.1. The fourth-order valence-electron chi connectivity index (χ4n) is 5.59. The van der Waals surface area contributed by atoms with Crippen molar-refractivity contribution < 1.29 is 14.6 Å². The van der Waals surface area contributed by atoms with E-state index in [0.29, 0.717) is 24.2 Å². The summed E-state index contributed by atoms with van der Waals surface area (Å²) in [5.74, 6) is 1.27. The van der Waals surface area contributed by atoms with E-state index in [4.69, 9.17) is 15.5 Å². The van der Waals surface area contributed by atoms with Gasteiger partial charge in [-0.2, -0.15) is 0 Å². The lowest BCUT2D eigenvalue weighted by atomic mass is 9.63. The van der Waals surface area contributed by atoms with Crippen molar-refractivity contribution in [1.82, 2.24) is 14.9 Å². The van der Waals surface area contributed by atoms with Gasteiger partial charge in [0.05, 0.1) is 22.6 Å². The van der Waals surface area contributed by atoms with Crippen molar-refractivity contribution in [1.29, 1.82) is 0 Å². The molecule has 7 nitrogen and oxygen atoms in total. The van der Waals surface area contributed by atoms with Gasteiger partial charge >= 0.3 is 0 Å². The summed E-state index contributed by atoms with van der Waals surface area (Å²) in [6.45, 7) is 2.11. The van der Waals surface area contributed by atoms with Gasteiger partial charge in [-0.15, -0.1) is 0 Å². The molecule has 182 valence electrons. The highest BCUT2D eigenvalue weighted by atomic mass is 16.5. The molecule has 0 spiro atoms. The van der Waals surface area contributed by atoms with Crippen molar-refractivity contribution in [2.45, 2.75) is 37.6 Å². The number of nitrogens with two attached hydrogens (primary N) is 1. The van der Waals surface area contributed by atoms with Crippen LogP contribution in [0.2, 0.25) is 0 Å². The van der Waals surface area contributed by atoms with E-state index in [9.17, 15) is 9.90 Å². The summed E-state index contributed by atoms with van der Waals surface area (Å²) in [6, 6.07) is 23.8. The average Bonchev–Trinajstić information content (AvgIpc) is 3.27. The summed E-state index contributed by atoms with van der Waals surface area (Å²) in [6.07, 6.45) is 1.08. The molecule has 1 aliphatic heterocycles. The summed E-state index contributed by atoms with van der Waals surface area (Å²) in [7, 11) is 1.61. The maximum Gasteiger partial charge on any atom is 0.251 e. The number of benzene rings is 3. The molecule has 0 saturated heterocycles. The summed E-state index contributed by atoms with van der Waals surface area (Å²) < 4.78 is 8.18. The molecule has 1 aromatic heterocycles. The van der Waals surface area contributed by atoms with Gasteiger partial charge in [-0.1, -0.05) is 54.6 Å². The quantitative estimate of drug-likeness (QED) is 0.404. The number of hydrogen-bond donors (Lipinski definition) is 3. The number of rotatable bonds is 4.